The zero-order valence-corrected chi connectivity index (χ0v) is 13.0. The summed E-state index contributed by atoms with van der Waals surface area (Å²) in [6.45, 7) is 6.09. The Bertz CT molecular complexity index is 308. The molecule has 1 saturated carbocycles. The molecule has 1 aliphatic heterocycles. The largest absolute Gasteiger partial charge is 0.393 e. The van der Waals surface area contributed by atoms with Gasteiger partial charge in [-0.25, -0.2) is 0 Å². The van der Waals surface area contributed by atoms with Crippen LogP contribution in [0, 0.1) is 5.92 Å². The maximum Gasteiger partial charge on any atom is 0.222 e. The fourth-order valence-electron chi connectivity index (χ4n) is 3.52. The highest BCUT2D eigenvalue weighted by atomic mass is 16.3. The van der Waals surface area contributed by atoms with E-state index in [4.69, 9.17) is 0 Å². The minimum Gasteiger partial charge on any atom is -0.393 e. The van der Waals surface area contributed by atoms with Crippen molar-refractivity contribution in [2.45, 2.75) is 77.0 Å². The van der Waals surface area contributed by atoms with Crippen molar-refractivity contribution in [3.8, 4) is 0 Å². The molecule has 116 valence electrons. The molecule has 2 N–H and O–H groups in total. The molecule has 1 aliphatic carbocycles. The van der Waals surface area contributed by atoms with Crippen molar-refractivity contribution in [3.05, 3.63) is 0 Å². The van der Waals surface area contributed by atoms with Crippen molar-refractivity contribution in [2.24, 2.45) is 5.92 Å². The van der Waals surface area contributed by atoms with Crippen LogP contribution in [0.5, 0.6) is 0 Å². The van der Waals surface area contributed by atoms with Gasteiger partial charge in [-0.15, -0.1) is 0 Å². The van der Waals surface area contributed by atoms with Crippen LogP contribution in [0.3, 0.4) is 0 Å². The second kappa shape index (κ2) is 7.41. The van der Waals surface area contributed by atoms with Gasteiger partial charge in [-0.3, -0.25) is 4.79 Å². The normalized spacial score (nSPS) is 29.1. The lowest BCUT2D eigenvalue weighted by molar-refractivity contribution is -0.132. The topological polar surface area (TPSA) is 52.6 Å². The molecular formula is C16H30N2O2. The fraction of sp³-hybridized carbons (Fsp3) is 0.938. The summed E-state index contributed by atoms with van der Waals surface area (Å²) >= 11 is 0. The first-order valence-corrected chi connectivity index (χ1v) is 8.35. The summed E-state index contributed by atoms with van der Waals surface area (Å²) in [4.78, 5) is 13.9. The molecule has 2 aliphatic rings. The Morgan fingerprint density at radius 3 is 2.45 bits per heavy atom. The highest BCUT2D eigenvalue weighted by Gasteiger charge is 2.34. The molecule has 0 bridgehead atoms. The zero-order chi connectivity index (χ0) is 14.5. The molecule has 1 heterocycles. The van der Waals surface area contributed by atoms with E-state index in [9.17, 15) is 9.90 Å². The first-order valence-electron chi connectivity index (χ1n) is 8.35. The molecular weight excluding hydrogens is 252 g/mol. The van der Waals surface area contributed by atoms with E-state index in [2.05, 4.69) is 19.2 Å². The van der Waals surface area contributed by atoms with E-state index in [0.717, 1.165) is 51.6 Å². The third kappa shape index (κ3) is 3.95. The molecule has 2 fully saturated rings. The predicted octanol–water partition coefficient (Wildman–Crippen LogP) is 1.92. The van der Waals surface area contributed by atoms with Crippen molar-refractivity contribution in [1.29, 1.82) is 0 Å². The van der Waals surface area contributed by atoms with E-state index < -0.39 is 0 Å². The minimum absolute atomic E-state index is 0.0654. The minimum atomic E-state index is -0.0654. The summed E-state index contributed by atoms with van der Waals surface area (Å²) in [5, 5.41) is 13.2. The third-order valence-electron chi connectivity index (χ3n) is 4.92. The van der Waals surface area contributed by atoms with Crippen molar-refractivity contribution < 1.29 is 9.90 Å². The molecule has 0 unspecified atom stereocenters. The summed E-state index contributed by atoms with van der Waals surface area (Å²) in [6.07, 6.45) is 6.76. The van der Waals surface area contributed by atoms with Crippen LogP contribution in [-0.2, 0) is 4.79 Å². The number of hydrogen-bond donors (Lipinski definition) is 2. The van der Waals surface area contributed by atoms with Crippen LogP contribution in [0.2, 0.25) is 0 Å². The van der Waals surface area contributed by atoms with E-state index in [1.54, 1.807) is 0 Å². The lowest BCUT2D eigenvalue weighted by Gasteiger charge is -2.41. The van der Waals surface area contributed by atoms with Crippen molar-refractivity contribution in [2.75, 3.05) is 13.1 Å². The van der Waals surface area contributed by atoms with Gasteiger partial charge in [0.15, 0.2) is 0 Å². The Hall–Kier alpha value is -0.610. The molecule has 1 amide bonds. The number of carbonyl (C=O) groups is 1. The number of rotatable bonds is 6. The molecule has 4 nitrogen and oxygen atoms in total. The van der Waals surface area contributed by atoms with E-state index >= 15 is 0 Å². The smallest absolute Gasteiger partial charge is 0.222 e. The maximum atomic E-state index is 11.9. The summed E-state index contributed by atoms with van der Waals surface area (Å²) in [5.41, 5.74) is 0. The number of aliphatic hydroxyl groups is 1. The third-order valence-corrected chi connectivity index (χ3v) is 4.92. The molecule has 0 radical (unpaired) electrons. The Labute approximate surface area is 122 Å². The summed E-state index contributed by atoms with van der Waals surface area (Å²) in [7, 11) is 0. The lowest BCUT2D eigenvalue weighted by atomic mass is 9.76. The molecule has 4 heteroatoms. The predicted molar refractivity (Wildman–Crippen MR) is 80.5 cm³/mol. The van der Waals surface area contributed by atoms with Crippen LogP contribution in [-0.4, -0.2) is 47.2 Å². The molecule has 0 aromatic rings. The van der Waals surface area contributed by atoms with Gasteiger partial charge in [-0.05, 0) is 44.4 Å². The molecule has 2 rings (SSSR count). The van der Waals surface area contributed by atoms with E-state index in [1.165, 1.54) is 0 Å². The number of piperidine rings is 1. The summed E-state index contributed by atoms with van der Waals surface area (Å²) < 4.78 is 0. The van der Waals surface area contributed by atoms with E-state index in [1.807, 2.05) is 4.90 Å². The van der Waals surface area contributed by atoms with Gasteiger partial charge in [-0.1, -0.05) is 13.8 Å². The van der Waals surface area contributed by atoms with Gasteiger partial charge in [0.05, 0.1) is 6.10 Å². The van der Waals surface area contributed by atoms with Gasteiger partial charge in [0.2, 0.25) is 5.91 Å². The Morgan fingerprint density at radius 2 is 1.95 bits per heavy atom. The van der Waals surface area contributed by atoms with Gasteiger partial charge < -0.3 is 15.3 Å². The van der Waals surface area contributed by atoms with Crippen molar-refractivity contribution in [1.82, 2.24) is 10.2 Å². The quantitative estimate of drug-likeness (QED) is 0.782. The molecule has 0 aromatic heterocycles. The average molecular weight is 282 g/mol. The van der Waals surface area contributed by atoms with E-state index in [-0.39, 0.29) is 6.10 Å². The molecule has 0 aromatic carbocycles. The lowest BCUT2D eigenvalue weighted by Crippen LogP contribution is -2.52. The van der Waals surface area contributed by atoms with Gasteiger partial charge >= 0.3 is 0 Å². The van der Waals surface area contributed by atoms with Crippen LogP contribution in [0.1, 0.15) is 58.8 Å². The molecule has 20 heavy (non-hydrogen) atoms. The molecule has 0 spiro atoms. The van der Waals surface area contributed by atoms with Crippen molar-refractivity contribution in [3.63, 3.8) is 0 Å². The first kappa shape index (κ1) is 15.8. The number of hydrogen-bond acceptors (Lipinski definition) is 3. The van der Waals surface area contributed by atoms with Crippen LogP contribution in [0.15, 0.2) is 0 Å². The van der Waals surface area contributed by atoms with Gasteiger partial charge in [-0.2, -0.15) is 0 Å². The average Bonchev–Trinajstić information content (AvgIpc) is 2.42. The van der Waals surface area contributed by atoms with Crippen LogP contribution in [0.25, 0.3) is 0 Å². The van der Waals surface area contributed by atoms with Crippen LogP contribution < -0.4 is 5.32 Å². The second-order valence-electron chi connectivity index (χ2n) is 6.47. The number of aliphatic hydroxyl groups excluding tert-OH is 1. The Morgan fingerprint density at radius 1 is 1.30 bits per heavy atom. The summed E-state index contributed by atoms with van der Waals surface area (Å²) in [6, 6.07) is 1.09. The van der Waals surface area contributed by atoms with Crippen molar-refractivity contribution >= 4 is 5.91 Å². The van der Waals surface area contributed by atoms with Crippen LogP contribution >= 0.6 is 0 Å². The fourth-order valence-corrected chi connectivity index (χ4v) is 3.52. The van der Waals surface area contributed by atoms with Gasteiger partial charge in [0.25, 0.3) is 0 Å². The first-order chi connectivity index (χ1) is 9.63. The van der Waals surface area contributed by atoms with Crippen LogP contribution in [0.4, 0.5) is 0 Å². The van der Waals surface area contributed by atoms with Gasteiger partial charge in [0.1, 0.15) is 0 Å². The standard InChI is InChI=1S/C16H30N2O2/c1-3-5-16(20)18-8-6-13(7-9-18)17-15(4-2)12-10-14(19)11-12/h12-15,17,19H,3-11H2,1-2H3/t12?,14?,15-/m0/s1. The second-order valence-corrected chi connectivity index (χ2v) is 6.47. The number of nitrogens with zero attached hydrogens (tertiary/aromatic N) is 1. The number of amides is 1. The summed E-state index contributed by atoms with van der Waals surface area (Å²) in [5.74, 6) is 0.967. The Kier molecular flexibility index (Phi) is 5.85. The number of likely N-dealkylation sites (tertiary alicyclic amines) is 1. The van der Waals surface area contributed by atoms with E-state index in [0.29, 0.717) is 30.3 Å². The SMILES string of the molecule is CCCC(=O)N1CCC(N[C@@H](CC)C2CC(O)C2)CC1. The zero-order valence-electron chi connectivity index (χ0n) is 13.0. The highest BCUT2D eigenvalue weighted by Crippen LogP contribution is 2.32. The molecule has 1 saturated heterocycles. The monoisotopic (exact) mass is 282 g/mol. The number of nitrogens with one attached hydrogen (secondary N) is 1. The maximum absolute atomic E-state index is 11.9. The number of carbonyl (C=O) groups excluding carboxylic acids is 1. The molecule has 1 atom stereocenters. The van der Waals surface area contributed by atoms with Gasteiger partial charge in [0, 0.05) is 31.6 Å². The highest BCUT2D eigenvalue weighted by molar-refractivity contribution is 5.76. The Balaban J connectivity index is 1.72.